The van der Waals surface area contributed by atoms with Crippen molar-refractivity contribution in [3.8, 4) is 5.75 Å². The van der Waals surface area contributed by atoms with Gasteiger partial charge in [-0.25, -0.2) is 4.79 Å². The average Bonchev–Trinajstić information content (AvgIpc) is 2.45. The SMILES string of the molecule is Cc1cc(CCC(=O)OC(=O)C(O)CO)c(C(C)(C)C)cc1O. The van der Waals surface area contributed by atoms with Crippen LogP contribution in [-0.4, -0.2) is 40.0 Å². The lowest BCUT2D eigenvalue weighted by molar-refractivity contribution is -0.167. The molecular weight excluding hydrogens is 300 g/mol. The molecule has 0 aliphatic carbocycles. The molecule has 6 nitrogen and oxygen atoms in total. The summed E-state index contributed by atoms with van der Waals surface area (Å²) in [4.78, 5) is 22.9. The van der Waals surface area contributed by atoms with Crippen LogP contribution in [0.3, 0.4) is 0 Å². The fourth-order valence-electron chi connectivity index (χ4n) is 2.20. The molecule has 3 N–H and O–H groups in total. The van der Waals surface area contributed by atoms with E-state index in [-0.39, 0.29) is 17.6 Å². The zero-order valence-corrected chi connectivity index (χ0v) is 13.9. The van der Waals surface area contributed by atoms with Crippen molar-refractivity contribution in [3.05, 3.63) is 28.8 Å². The summed E-state index contributed by atoms with van der Waals surface area (Å²) in [5, 5.41) is 27.6. The largest absolute Gasteiger partial charge is 0.508 e. The van der Waals surface area contributed by atoms with E-state index in [1.54, 1.807) is 13.0 Å². The van der Waals surface area contributed by atoms with Crippen LogP contribution in [-0.2, 0) is 26.2 Å². The lowest BCUT2D eigenvalue weighted by Crippen LogP contribution is -2.28. The highest BCUT2D eigenvalue weighted by Gasteiger charge is 2.22. The summed E-state index contributed by atoms with van der Waals surface area (Å²) >= 11 is 0. The Bertz CT molecular complexity index is 585. The lowest BCUT2D eigenvalue weighted by Gasteiger charge is -2.24. The van der Waals surface area contributed by atoms with E-state index in [1.165, 1.54) is 0 Å². The van der Waals surface area contributed by atoms with Gasteiger partial charge in [-0.05, 0) is 41.5 Å². The molecule has 0 saturated heterocycles. The van der Waals surface area contributed by atoms with Crippen LogP contribution in [0.2, 0.25) is 0 Å². The van der Waals surface area contributed by atoms with Gasteiger partial charge in [-0.1, -0.05) is 26.8 Å². The van der Waals surface area contributed by atoms with E-state index in [9.17, 15) is 14.7 Å². The van der Waals surface area contributed by atoms with E-state index in [4.69, 9.17) is 10.2 Å². The number of ether oxygens (including phenoxy) is 1. The smallest absolute Gasteiger partial charge is 0.345 e. The highest BCUT2D eigenvalue weighted by atomic mass is 16.6. The summed E-state index contributed by atoms with van der Waals surface area (Å²) in [5.41, 5.74) is 2.29. The molecule has 0 amide bonds. The molecule has 128 valence electrons. The van der Waals surface area contributed by atoms with Crippen LogP contribution < -0.4 is 0 Å². The average molecular weight is 324 g/mol. The summed E-state index contributed by atoms with van der Waals surface area (Å²) in [6.07, 6.45) is -1.41. The molecular formula is C17H24O6. The van der Waals surface area contributed by atoms with Gasteiger partial charge in [0.2, 0.25) is 0 Å². The lowest BCUT2D eigenvalue weighted by atomic mass is 9.81. The van der Waals surface area contributed by atoms with E-state index in [1.807, 2.05) is 26.8 Å². The molecule has 0 aromatic heterocycles. The molecule has 0 aliphatic heterocycles. The summed E-state index contributed by atoms with van der Waals surface area (Å²) in [5.74, 6) is -1.73. The Morgan fingerprint density at radius 3 is 2.39 bits per heavy atom. The molecule has 1 rings (SSSR count). The third-order valence-electron chi connectivity index (χ3n) is 3.49. The zero-order valence-electron chi connectivity index (χ0n) is 13.9. The van der Waals surface area contributed by atoms with Crippen LogP contribution >= 0.6 is 0 Å². The van der Waals surface area contributed by atoms with Crippen LogP contribution in [0.1, 0.15) is 43.9 Å². The van der Waals surface area contributed by atoms with E-state index in [0.717, 1.165) is 11.1 Å². The molecule has 1 atom stereocenters. The summed E-state index contributed by atoms with van der Waals surface area (Å²) in [6, 6.07) is 3.50. The number of carbonyl (C=O) groups excluding carboxylic acids is 2. The van der Waals surface area contributed by atoms with Crippen molar-refractivity contribution in [1.82, 2.24) is 0 Å². The standard InChI is InChI=1S/C17H24O6/c1-10-7-11(12(8-13(10)19)17(2,3)4)5-6-15(21)23-16(22)14(20)9-18/h7-8,14,18-20H,5-6,9H2,1-4H3. The first-order valence-corrected chi connectivity index (χ1v) is 7.42. The van der Waals surface area contributed by atoms with Crippen molar-refractivity contribution in [2.24, 2.45) is 0 Å². The molecule has 23 heavy (non-hydrogen) atoms. The van der Waals surface area contributed by atoms with Crippen molar-refractivity contribution < 1.29 is 29.6 Å². The number of aromatic hydroxyl groups is 1. The van der Waals surface area contributed by atoms with Crippen LogP contribution in [0, 0.1) is 6.92 Å². The van der Waals surface area contributed by atoms with Crippen LogP contribution in [0.5, 0.6) is 5.75 Å². The fraction of sp³-hybridized carbons (Fsp3) is 0.529. The van der Waals surface area contributed by atoms with Gasteiger partial charge in [0.1, 0.15) is 5.75 Å². The number of rotatable bonds is 5. The molecule has 1 aromatic carbocycles. The third kappa shape index (κ3) is 5.33. The quantitative estimate of drug-likeness (QED) is 0.558. The van der Waals surface area contributed by atoms with Gasteiger partial charge in [-0.15, -0.1) is 0 Å². The molecule has 0 bridgehead atoms. The number of aryl methyl sites for hydroxylation is 2. The van der Waals surface area contributed by atoms with Gasteiger partial charge in [0.15, 0.2) is 6.10 Å². The first-order valence-electron chi connectivity index (χ1n) is 7.42. The normalized spacial score (nSPS) is 12.8. The number of hydrogen-bond donors (Lipinski definition) is 3. The summed E-state index contributed by atoms with van der Waals surface area (Å²) in [7, 11) is 0. The molecule has 1 unspecified atom stereocenters. The molecule has 0 saturated carbocycles. The maximum absolute atomic E-state index is 11.7. The number of aliphatic hydroxyl groups excluding tert-OH is 2. The van der Waals surface area contributed by atoms with Crippen LogP contribution in [0.4, 0.5) is 0 Å². The Kier molecular flexibility index (Phi) is 6.29. The first-order chi connectivity index (χ1) is 10.6. The van der Waals surface area contributed by atoms with Crippen molar-refractivity contribution in [3.63, 3.8) is 0 Å². The number of phenolic OH excluding ortho intramolecular Hbond substituents is 1. The van der Waals surface area contributed by atoms with Crippen LogP contribution in [0.25, 0.3) is 0 Å². The minimum atomic E-state index is -1.71. The minimum Gasteiger partial charge on any atom is -0.508 e. The summed E-state index contributed by atoms with van der Waals surface area (Å²) < 4.78 is 4.47. The van der Waals surface area contributed by atoms with Gasteiger partial charge in [-0.3, -0.25) is 4.79 Å². The van der Waals surface area contributed by atoms with E-state index >= 15 is 0 Å². The van der Waals surface area contributed by atoms with Crippen LogP contribution in [0.15, 0.2) is 12.1 Å². The van der Waals surface area contributed by atoms with Gasteiger partial charge < -0.3 is 20.1 Å². The highest BCUT2D eigenvalue weighted by molar-refractivity contribution is 5.87. The fourth-order valence-corrected chi connectivity index (χ4v) is 2.20. The van der Waals surface area contributed by atoms with Crippen molar-refractivity contribution in [1.29, 1.82) is 0 Å². The second kappa shape index (κ2) is 7.57. The maximum Gasteiger partial charge on any atom is 0.345 e. The van der Waals surface area contributed by atoms with Crippen molar-refractivity contribution in [2.75, 3.05) is 6.61 Å². The molecule has 1 aromatic rings. The molecule has 0 radical (unpaired) electrons. The number of aliphatic hydroxyl groups is 2. The number of hydrogen-bond acceptors (Lipinski definition) is 6. The van der Waals surface area contributed by atoms with Crippen molar-refractivity contribution in [2.45, 2.75) is 52.1 Å². The number of carbonyl (C=O) groups is 2. The first kappa shape index (κ1) is 19.1. The van der Waals surface area contributed by atoms with Gasteiger partial charge in [-0.2, -0.15) is 0 Å². The van der Waals surface area contributed by atoms with Gasteiger partial charge in [0.25, 0.3) is 0 Å². The Morgan fingerprint density at radius 1 is 1.26 bits per heavy atom. The Labute approximate surface area is 135 Å². The predicted octanol–water partition coefficient (Wildman–Crippen LogP) is 1.35. The second-order valence-electron chi connectivity index (χ2n) is 6.54. The third-order valence-corrected chi connectivity index (χ3v) is 3.49. The van der Waals surface area contributed by atoms with E-state index in [0.29, 0.717) is 12.0 Å². The Hall–Kier alpha value is -1.92. The molecule has 0 spiro atoms. The molecule has 0 fully saturated rings. The van der Waals surface area contributed by atoms with E-state index in [2.05, 4.69) is 4.74 Å². The molecule has 0 aliphatic rings. The molecule has 0 heterocycles. The maximum atomic E-state index is 11.7. The van der Waals surface area contributed by atoms with Gasteiger partial charge in [0, 0.05) is 0 Å². The summed E-state index contributed by atoms with van der Waals surface area (Å²) in [6.45, 7) is 6.97. The highest BCUT2D eigenvalue weighted by Crippen LogP contribution is 2.32. The van der Waals surface area contributed by atoms with Gasteiger partial charge >= 0.3 is 11.9 Å². The number of benzene rings is 1. The number of esters is 2. The Balaban J connectivity index is 2.83. The monoisotopic (exact) mass is 324 g/mol. The number of phenols is 1. The van der Waals surface area contributed by atoms with E-state index < -0.39 is 24.6 Å². The van der Waals surface area contributed by atoms with Gasteiger partial charge in [0.05, 0.1) is 13.0 Å². The minimum absolute atomic E-state index is 0.0445. The zero-order chi connectivity index (χ0) is 17.8. The molecule has 6 heteroatoms. The topological polar surface area (TPSA) is 104 Å². The Morgan fingerprint density at radius 2 is 1.87 bits per heavy atom. The second-order valence-corrected chi connectivity index (χ2v) is 6.54. The predicted molar refractivity (Wildman–Crippen MR) is 84.1 cm³/mol. The van der Waals surface area contributed by atoms with Crippen molar-refractivity contribution >= 4 is 11.9 Å².